The van der Waals surface area contributed by atoms with E-state index in [4.69, 9.17) is 0 Å². The molecule has 0 aliphatic carbocycles. The van der Waals surface area contributed by atoms with Gasteiger partial charge in [-0.3, -0.25) is 0 Å². The Kier molecular flexibility index (Phi) is 9.89. The van der Waals surface area contributed by atoms with E-state index in [1.54, 1.807) is 0 Å². The van der Waals surface area contributed by atoms with Crippen molar-refractivity contribution < 1.29 is 0 Å². The van der Waals surface area contributed by atoms with Gasteiger partial charge in [-0.1, -0.05) is 206 Å². The van der Waals surface area contributed by atoms with Crippen molar-refractivity contribution in [2.24, 2.45) is 0 Å². The second kappa shape index (κ2) is 17.2. The third-order valence-corrected chi connectivity index (χ3v) is 14.7. The van der Waals surface area contributed by atoms with E-state index >= 15 is 0 Å². The zero-order chi connectivity index (χ0) is 47.5. The van der Waals surface area contributed by atoms with Gasteiger partial charge in [0.1, 0.15) is 0 Å². The molecule has 0 aliphatic heterocycles. The monoisotopic (exact) mass is 914 g/mol. The highest BCUT2D eigenvalue weighted by atomic mass is 15.1. The highest BCUT2D eigenvalue weighted by Gasteiger charge is 2.21. The molecule has 0 spiro atoms. The topological polar surface area (TPSA) is 8.17 Å². The Hall–Kier alpha value is -9.50. The van der Waals surface area contributed by atoms with Crippen LogP contribution in [-0.4, -0.2) is 4.57 Å². The highest BCUT2D eigenvalue weighted by Crippen LogP contribution is 2.45. The minimum absolute atomic E-state index is 1.08. The second-order valence-electron chi connectivity index (χ2n) is 18.9. The molecule has 0 N–H and O–H groups in total. The van der Waals surface area contributed by atoms with Crippen LogP contribution in [0.25, 0.3) is 115 Å². The summed E-state index contributed by atoms with van der Waals surface area (Å²) in [5.41, 5.74) is 16.2. The molecule has 0 fully saturated rings. The van der Waals surface area contributed by atoms with Crippen molar-refractivity contribution in [3.63, 3.8) is 0 Å². The first-order valence-corrected chi connectivity index (χ1v) is 24.8. The van der Waals surface area contributed by atoms with E-state index in [0.29, 0.717) is 0 Å². The molecule has 2 nitrogen and oxygen atoms in total. The van der Waals surface area contributed by atoms with Gasteiger partial charge in [0.05, 0.1) is 11.0 Å². The van der Waals surface area contributed by atoms with Crippen molar-refractivity contribution in [1.29, 1.82) is 0 Å². The summed E-state index contributed by atoms with van der Waals surface area (Å²) in [7, 11) is 0. The molecule has 14 aromatic rings. The van der Waals surface area contributed by atoms with E-state index in [1.807, 2.05) is 0 Å². The van der Waals surface area contributed by atoms with Crippen LogP contribution in [0.2, 0.25) is 0 Å². The number of aromatic nitrogens is 1. The fourth-order valence-electron chi connectivity index (χ4n) is 11.2. The quantitative estimate of drug-likeness (QED) is 0.138. The summed E-state index contributed by atoms with van der Waals surface area (Å²) in [6.45, 7) is 0. The largest absolute Gasteiger partial charge is 0.310 e. The Morgan fingerprint density at radius 1 is 0.236 bits per heavy atom. The van der Waals surface area contributed by atoms with Crippen molar-refractivity contribution in [2.45, 2.75) is 0 Å². The molecule has 0 bridgehead atoms. The number of benzene rings is 13. The van der Waals surface area contributed by atoms with E-state index in [-0.39, 0.29) is 0 Å². The maximum atomic E-state index is 2.46. The van der Waals surface area contributed by atoms with Crippen molar-refractivity contribution in [2.75, 3.05) is 4.90 Å². The Balaban J connectivity index is 0.964. The fourth-order valence-corrected chi connectivity index (χ4v) is 11.2. The van der Waals surface area contributed by atoms with Gasteiger partial charge in [-0.25, -0.2) is 0 Å². The Bertz CT molecular complexity index is 4360. The van der Waals surface area contributed by atoms with Crippen LogP contribution in [0.15, 0.2) is 279 Å². The Morgan fingerprint density at radius 3 is 1.40 bits per heavy atom. The molecule has 0 amide bonds. The maximum absolute atomic E-state index is 2.46. The maximum Gasteiger partial charge on any atom is 0.0553 e. The molecule has 336 valence electrons. The first-order valence-electron chi connectivity index (χ1n) is 24.8. The normalized spacial score (nSPS) is 11.6. The lowest BCUT2D eigenvalue weighted by Crippen LogP contribution is -2.10. The number of fused-ring (bicyclic) bond motifs is 9. The van der Waals surface area contributed by atoms with Gasteiger partial charge in [-0.2, -0.15) is 0 Å². The molecule has 0 atom stereocenters. The molecule has 1 aromatic heterocycles. The van der Waals surface area contributed by atoms with Gasteiger partial charge in [-0.05, 0) is 160 Å². The van der Waals surface area contributed by atoms with Gasteiger partial charge in [-0.15, -0.1) is 0 Å². The van der Waals surface area contributed by atoms with E-state index in [1.165, 1.54) is 104 Å². The smallest absolute Gasteiger partial charge is 0.0553 e. The Morgan fingerprint density at radius 2 is 0.708 bits per heavy atom. The van der Waals surface area contributed by atoms with Crippen LogP contribution < -0.4 is 4.90 Å². The number of hydrogen-bond donors (Lipinski definition) is 0. The fraction of sp³-hybridized carbons (Fsp3) is 0. The Labute approximate surface area is 418 Å². The molecule has 2 heteroatoms. The summed E-state index contributed by atoms with van der Waals surface area (Å²) in [4.78, 5) is 2.42. The first kappa shape index (κ1) is 41.5. The molecule has 0 saturated heterocycles. The summed E-state index contributed by atoms with van der Waals surface area (Å²) in [6, 6.07) is 103. The predicted octanol–water partition coefficient (Wildman–Crippen LogP) is 19.5. The predicted molar refractivity (Wildman–Crippen MR) is 307 cm³/mol. The molecule has 14 rings (SSSR count). The van der Waals surface area contributed by atoms with Crippen LogP contribution >= 0.6 is 0 Å². The zero-order valence-corrected chi connectivity index (χ0v) is 39.5. The van der Waals surface area contributed by atoms with Crippen LogP contribution in [0, 0.1) is 0 Å². The minimum Gasteiger partial charge on any atom is -0.310 e. The first-order chi connectivity index (χ1) is 35.7. The average Bonchev–Trinajstić information content (AvgIpc) is 3.79. The lowest BCUT2D eigenvalue weighted by Gasteiger charge is -2.27. The van der Waals surface area contributed by atoms with Gasteiger partial charge in [0.2, 0.25) is 0 Å². The van der Waals surface area contributed by atoms with Crippen LogP contribution in [0.1, 0.15) is 0 Å². The van der Waals surface area contributed by atoms with Crippen LogP contribution in [0.3, 0.4) is 0 Å². The van der Waals surface area contributed by atoms with E-state index in [9.17, 15) is 0 Å². The average molecular weight is 915 g/mol. The molecular weight excluding hydrogens is 869 g/mol. The van der Waals surface area contributed by atoms with Gasteiger partial charge >= 0.3 is 0 Å². The number of rotatable bonds is 8. The lowest BCUT2D eigenvalue weighted by molar-refractivity contribution is 1.18. The molecule has 13 aromatic carbocycles. The van der Waals surface area contributed by atoms with Crippen LogP contribution in [-0.2, 0) is 0 Å². The van der Waals surface area contributed by atoms with Gasteiger partial charge in [0.25, 0.3) is 0 Å². The summed E-state index contributed by atoms with van der Waals surface area (Å²) >= 11 is 0. The molecule has 0 unspecified atom stereocenters. The third kappa shape index (κ3) is 7.12. The van der Waals surface area contributed by atoms with Crippen molar-refractivity contribution in [1.82, 2.24) is 4.57 Å². The second-order valence-corrected chi connectivity index (χ2v) is 18.9. The summed E-state index contributed by atoms with van der Waals surface area (Å²) in [5.74, 6) is 0. The SMILES string of the molecule is c1ccc(-c2ccc3c4c(-c5cccc(N(c6ccc(-c7ccc8c(ccc9ccccc98)c7)cc6)c6ccc7c(ccc8ccccc87)c6)c5)cc(-c5ccccc5)cc4n(-c4ccccc4)c3c2)cc1. The van der Waals surface area contributed by atoms with Gasteiger partial charge in [0.15, 0.2) is 0 Å². The molecule has 0 saturated carbocycles. The van der Waals surface area contributed by atoms with E-state index in [0.717, 1.165) is 28.3 Å². The lowest BCUT2D eigenvalue weighted by atomic mass is 9.93. The summed E-state index contributed by atoms with van der Waals surface area (Å²) < 4.78 is 2.46. The van der Waals surface area contributed by atoms with E-state index < -0.39 is 0 Å². The van der Waals surface area contributed by atoms with E-state index in [2.05, 4.69) is 289 Å². The standard InChI is InChI=1S/C70H46N2/c1-4-15-47(16-5-1)53-34-39-66-68(45-53)72(58-22-8-3-9-23-58)69-46-57(48-17-6-2-7-18-48)44-67(70(66)69)54-21-14-24-60(42-54)71(61-37-40-65-56(43-61)30-28-51-20-11-13-26-63(51)65)59-35-31-49(32-36-59)52-33-38-64-55(41-52)29-27-50-19-10-12-25-62(50)64/h1-46H. The molecule has 1 heterocycles. The number of anilines is 3. The van der Waals surface area contributed by atoms with Gasteiger partial charge < -0.3 is 9.47 Å². The number of hydrogen-bond acceptors (Lipinski definition) is 1. The van der Waals surface area contributed by atoms with Crippen molar-refractivity contribution in [3.8, 4) is 50.2 Å². The van der Waals surface area contributed by atoms with Crippen LogP contribution in [0.5, 0.6) is 0 Å². The highest BCUT2D eigenvalue weighted by molar-refractivity contribution is 6.18. The zero-order valence-electron chi connectivity index (χ0n) is 39.5. The van der Waals surface area contributed by atoms with Crippen LogP contribution in [0.4, 0.5) is 17.1 Å². The molecular formula is C70H46N2. The molecule has 72 heavy (non-hydrogen) atoms. The summed E-state index contributed by atoms with van der Waals surface area (Å²) in [6.07, 6.45) is 0. The molecule has 0 radical (unpaired) electrons. The summed E-state index contributed by atoms with van der Waals surface area (Å²) in [5, 5.41) is 12.4. The van der Waals surface area contributed by atoms with Crippen molar-refractivity contribution in [3.05, 3.63) is 279 Å². The van der Waals surface area contributed by atoms with Gasteiger partial charge in [0, 0.05) is 33.5 Å². The number of nitrogens with zero attached hydrogens (tertiary/aromatic N) is 2. The third-order valence-electron chi connectivity index (χ3n) is 14.7. The minimum atomic E-state index is 1.08. The van der Waals surface area contributed by atoms with Crippen molar-refractivity contribution >= 4 is 82.0 Å². The number of para-hydroxylation sites is 1. The molecule has 0 aliphatic rings.